The van der Waals surface area contributed by atoms with Crippen LogP contribution in [0.1, 0.15) is 15.9 Å². The van der Waals surface area contributed by atoms with E-state index in [0.717, 1.165) is 4.90 Å². The standard InChI is InChI=1S/C31H26FN3O4S/c1-39-26-16-10-21(11-17-26)18-28(35-30(37)22-6-3-2-4-7-22)31(38)34-25-8-5-9-27(19-25)40-20-29(36)33-24-14-12-23(32)13-15-24/h2-19H,20H2,1H3,(H,33,36)(H,34,38)(H,35,37)/b28-18+. The molecule has 0 heterocycles. The molecule has 3 amide bonds. The van der Waals surface area contributed by atoms with Crippen LogP contribution in [0.3, 0.4) is 0 Å². The Hall–Kier alpha value is -4.89. The van der Waals surface area contributed by atoms with Crippen molar-refractivity contribution in [2.45, 2.75) is 4.90 Å². The number of carbonyl (C=O) groups is 3. The van der Waals surface area contributed by atoms with Crippen LogP contribution in [0.15, 0.2) is 114 Å². The lowest BCUT2D eigenvalue weighted by Crippen LogP contribution is -2.30. The van der Waals surface area contributed by atoms with Gasteiger partial charge in [-0.15, -0.1) is 11.8 Å². The first kappa shape index (κ1) is 28.1. The normalized spacial score (nSPS) is 10.9. The molecule has 0 saturated heterocycles. The Balaban J connectivity index is 1.45. The van der Waals surface area contributed by atoms with Crippen molar-refractivity contribution in [3.63, 3.8) is 0 Å². The van der Waals surface area contributed by atoms with E-state index in [-0.39, 0.29) is 23.2 Å². The Morgan fingerprint density at radius 1 is 0.825 bits per heavy atom. The Kier molecular flexibility index (Phi) is 9.68. The zero-order valence-corrected chi connectivity index (χ0v) is 22.3. The van der Waals surface area contributed by atoms with Crippen molar-refractivity contribution in [2.24, 2.45) is 0 Å². The first-order valence-corrected chi connectivity index (χ1v) is 13.2. The summed E-state index contributed by atoms with van der Waals surface area (Å²) in [5.41, 5.74) is 2.14. The van der Waals surface area contributed by atoms with Crippen molar-refractivity contribution in [3.8, 4) is 5.75 Å². The highest BCUT2D eigenvalue weighted by atomic mass is 32.2. The molecule has 7 nitrogen and oxygen atoms in total. The van der Waals surface area contributed by atoms with Crippen molar-refractivity contribution in [3.05, 3.63) is 126 Å². The molecule has 0 atom stereocenters. The van der Waals surface area contributed by atoms with Crippen LogP contribution >= 0.6 is 11.8 Å². The van der Waals surface area contributed by atoms with E-state index in [1.807, 2.05) is 6.07 Å². The van der Waals surface area contributed by atoms with Crippen LogP contribution in [-0.4, -0.2) is 30.6 Å². The average molecular weight is 556 g/mol. The number of benzene rings is 4. The molecule has 4 aromatic carbocycles. The lowest BCUT2D eigenvalue weighted by molar-refractivity contribution is -0.114. The molecule has 0 radical (unpaired) electrons. The maximum absolute atomic E-state index is 13.3. The summed E-state index contributed by atoms with van der Waals surface area (Å²) in [7, 11) is 1.56. The fourth-order valence-corrected chi connectivity index (χ4v) is 4.31. The van der Waals surface area contributed by atoms with E-state index >= 15 is 0 Å². The fourth-order valence-electron chi connectivity index (χ4n) is 3.55. The van der Waals surface area contributed by atoms with Crippen molar-refractivity contribution < 1.29 is 23.5 Å². The molecule has 0 aliphatic heterocycles. The molecular weight excluding hydrogens is 529 g/mol. The minimum atomic E-state index is -0.517. The Bertz CT molecular complexity index is 1510. The molecular formula is C31H26FN3O4S. The molecule has 9 heteroatoms. The molecule has 0 saturated carbocycles. The van der Waals surface area contributed by atoms with Gasteiger partial charge in [0.25, 0.3) is 11.8 Å². The largest absolute Gasteiger partial charge is 0.497 e. The molecule has 3 N–H and O–H groups in total. The predicted octanol–water partition coefficient (Wildman–Crippen LogP) is 5.97. The highest BCUT2D eigenvalue weighted by Crippen LogP contribution is 2.23. The topological polar surface area (TPSA) is 96.5 Å². The summed E-state index contributed by atoms with van der Waals surface area (Å²) in [6, 6.07) is 28.2. The molecule has 202 valence electrons. The molecule has 4 rings (SSSR count). The molecule has 0 aliphatic carbocycles. The van der Waals surface area contributed by atoms with E-state index in [1.54, 1.807) is 86.0 Å². The second kappa shape index (κ2) is 13.8. The maximum Gasteiger partial charge on any atom is 0.272 e. The van der Waals surface area contributed by atoms with Gasteiger partial charge in [-0.25, -0.2) is 4.39 Å². The molecule has 0 spiro atoms. The second-order valence-electron chi connectivity index (χ2n) is 8.48. The Labute approximate surface area is 235 Å². The smallest absolute Gasteiger partial charge is 0.272 e. The first-order valence-electron chi connectivity index (χ1n) is 12.2. The summed E-state index contributed by atoms with van der Waals surface area (Å²) in [5.74, 6) is -0.794. The summed E-state index contributed by atoms with van der Waals surface area (Å²) >= 11 is 1.28. The van der Waals surface area contributed by atoms with Gasteiger partial charge in [-0.1, -0.05) is 36.4 Å². The number of ether oxygens (including phenoxy) is 1. The number of carbonyl (C=O) groups excluding carboxylic acids is 3. The Morgan fingerprint density at radius 3 is 2.25 bits per heavy atom. The lowest BCUT2D eigenvalue weighted by Gasteiger charge is -2.12. The van der Waals surface area contributed by atoms with Gasteiger partial charge in [0, 0.05) is 21.8 Å². The van der Waals surface area contributed by atoms with Gasteiger partial charge < -0.3 is 20.7 Å². The number of hydrogen-bond donors (Lipinski definition) is 3. The monoisotopic (exact) mass is 555 g/mol. The lowest BCUT2D eigenvalue weighted by atomic mass is 10.1. The third kappa shape index (κ3) is 8.31. The van der Waals surface area contributed by atoms with Crippen LogP contribution in [0.25, 0.3) is 6.08 Å². The quantitative estimate of drug-likeness (QED) is 0.165. The van der Waals surface area contributed by atoms with Crippen LogP contribution < -0.4 is 20.7 Å². The van der Waals surface area contributed by atoms with Gasteiger partial charge in [-0.3, -0.25) is 14.4 Å². The maximum atomic E-state index is 13.3. The van der Waals surface area contributed by atoms with Crippen molar-refractivity contribution >= 4 is 46.9 Å². The van der Waals surface area contributed by atoms with E-state index in [4.69, 9.17) is 4.74 Å². The number of nitrogens with one attached hydrogen (secondary N) is 3. The predicted molar refractivity (Wildman–Crippen MR) is 156 cm³/mol. The van der Waals surface area contributed by atoms with Gasteiger partial charge in [0.2, 0.25) is 5.91 Å². The minimum absolute atomic E-state index is 0.0516. The zero-order chi connectivity index (χ0) is 28.3. The summed E-state index contributed by atoms with van der Waals surface area (Å²) in [4.78, 5) is 39.2. The van der Waals surface area contributed by atoms with Crippen molar-refractivity contribution in [1.29, 1.82) is 0 Å². The molecule has 0 unspecified atom stereocenters. The van der Waals surface area contributed by atoms with Crippen LogP contribution in [0.5, 0.6) is 5.75 Å². The summed E-state index contributed by atoms with van der Waals surface area (Å²) in [6.45, 7) is 0. The molecule has 0 aliphatic rings. The number of halogens is 1. The number of methoxy groups -OCH3 is 1. The van der Waals surface area contributed by atoms with Gasteiger partial charge in [-0.2, -0.15) is 0 Å². The molecule has 4 aromatic rings. The third-order valence-electron chi connectivity index (χ3n) is 5.55. The van der Waals surface area contributed by atoms with Crippen LogP contribution in [-0.2, 0) is 9.59 Å². The number of thioether (sulfide) groups is 1. The fraction of sp³-hybridized carbons (Fsp3) is 0.0645. The van der Waals surface area contributed by atoms with E-state index in [9.17, 15) is 18.8 Å². The van der Waals surface area contributed by atoms with Gasteiger partial charge in [0.15, 0.2) is 0 Å². The minimum Gasteiger partial charge on any atom is -0.497 e. The van der Waals surface area contributed by atoms with Crippen LogP contribution in [0.2, 0.25) is 0 Å². The van der Waals surface area contributed by atoms with Gasteiger partial charge in [0.1, 0.15) is 17.3 Å². The van der Waals surface area contributed by atoms with E-state index in [0.29, 0.717) is 28.3 Å². The zero-order valence-electron chi connectivity index (χ0n) is 21.5. The summed E-state index contributed by atoms with van der Waals surface area (Å²) in [5, 5.41) is 8.24. The highest BCUT2D eigenvalue weighted by Gasteiger charge is 2.15. The number of rotatable bonds is 10. The SMILES string of the molecule is COc1ccc(/C=C(/NC(=O)c2ccccc2)C(=O)Nc2cccc(SCC(=O)Nc3ccc(F)cc3)c2)cc1. The van der Waals surface area contributed by atoms with Crippen LogP contribution in [0, 0.1) is 5.82 Å². The Morgan fingerprint density at radius 2 is 1.55 bits per heavy atom. The number of amides is 3. The van der Waals surface area contributed by atoms with Gasteiger partial charge >= 0.3 is 0 Å². The summed E-state index contributed by atoms with van der Waals surface area (Å²) in [6.07, 6.45) is 1.58. The first-order chi connectivity index (χ1) is 19.4. The number of hydrogen-bond acceptors (Lipinski definition) is 5. The van der Waals surface area contributed by atoms with Gasteiger partial charge in [0.05, 0.1) is 12.9 Å². The van der Waals surface area contributed by atoms with Crippen LogP contribution in [0.4, 0.5) is 15.8 Å². The molecule has 0 fully saturated rings. The third-order valence-corrected chi connectivity index (χ3v) is 6.54. The highest BCUT2D eigenvalue weighted by molar-refractivity contribution is 8.00. The second-order valence-corrected chi connectivity index (χ2v) is 9.53. The molecule has 40 heavy (non-hydrogen) atoms. The van der Waals surface area contributed by atoms with Crippen molar-refractivity contribution in [2.75, 3.05) is 23.5 Å². The summed E-state index contributed by atoms with van der Waals surface area (Å²) < 4.78 is 18.3. The van der Waals surface area contributed by atoms with Crippen molar-refractivity contribution in [1.82, 2.24) is 5.32 Å². The molecule has 0 bridgehead atoms. The van der Waals surface area contributed by atoms with E-state index in [1.165, 1.54) is 36.0 Å². The molecule has 0 aromatic heterocycles. The average Bonchev–Trinajstić information content (AvgIpc) is 2.98. The van der Waals surface area contributed by atoms with Gasteiger partial charge in [-0.05, 0) is 78.4 Å². The van der Waals surface area contributed by atoms with E-state index in [2.05, 4.69) is 16.0 Å². The van der Waals surface area contributed by atoms with E-state index < -0.39 is 11.8 Å². The number of anilines is 2.